The maximum Gasteiger partial charge on any atom is 0.268 e. The van der Waals surface area contributed by atoms with Crippen LogP contribution in [0.3, 0.4) is 0 Å². The average Bonchev–Trinajstić information content (AvgIpc) is 2.52. The van der Waals surface area contributed by atoms with Crippen molar-refractivity contribution in [3.05, 3.63) is 76.4 Å². The van der Waals surface area contributed by atoms with Crippen LogP contribution in [0.15, 0.2) is 60.3 Å². The number of hydrogen-bond acceptors (Lipinski definition) is 2. The van der Waals surface area contributed by atoms with Gasteiger partial charge in [-0.25, -0.2) is 0 Å². The van der Waals surface area contributed by atoms with E-state index < -0.39 is 0 Å². The molecule has 23 heavy (non-hydrogen) atoms. The van der Waals surface area contributed by atoms with Crippen LogP contribution in [-0.4, -0.2) is 11.8 Å². The number of rotatable bonds is 5. The highest BCUT2D eigenvalue weighted by molar-refractivity contribution is 6.30. The van der Waals surface area contributed by atoms with Crippen LogP contribution in [0.5, 0.6) is 0 Å². The molecule has 0 spiro atoms. The first-order chi connectivity index (χ1) is 11.0. The predicted molar refractivity (Wildman–Crippen MR) is 91.5 cm³/mol. The summed E-state index contributed by atoms with van der Waals surface area (Å²) >= 11 is 5.94. The van der Waals surface area contributed by atoms with Gasteiger partial charge in [-0.05, 0) is 29.3 Å². The Morgan fingerprint density at radius 2 is 1.83 bits per heavy atom. The van der Waals surface area contributed by atoms with Crippen molar-refractivity contribution >= 4 is 29.5 Å². The van der Waals surface area contributed by atoms with Crippen molar-refractivity contribution in [1.82, 2.24) is 10.6 Å². The molecular weight excluding hydrogens is 312 g/mol. The second kappa shape index (κ2) is 8.15. The lowest BCUT2D eigenvalue weighted by atomic mass is 10.1. The number of halogens is 1. The van der Waals surface area contributed by atoms with E-state index in [2.05, 4.69) is 10.6 Å². The molecule has 0 heterocycles. The zero-order valence-corrected chi connectivity index (χ0v) is 13.4. The minimum absolute atomic E-state index is 0.177. The van der Waals surface area contributed by atoms with Crippen molar-refractivity contribution in [2.45, 2.75) is 13.5 Å². The topological polar surface area (TPSA) is 58.2 Å². The summed E-state index contributed by atoms with van der Waals surface area (Å²) in [6.45, 7) is 1.74. The summed E-state index contributed by atoms with van der Waals surface area (Å²) in [6, 6.07) is 16.6. The highest BCUT2D eigenvalue weighted by atomic mass is 35.5. The van der Waals surface area contributed by atoms with Crippen LogP contribution in [0.2, 0.25) is 5.02 Å². The third-order valence-corrected chi connectivity index (χ3v) is 3.25. The van der Waals surface area contributed by atoms with Gasteiger partial charge in [0.2, 0.25) is 5.91 Å². The molecule has 2 aromatic carbocycles. The molecule has 2 N–H and O–H groups in total. The fraction of sp³-hybridized carbons (Fsp3) is 0.111. The Hall–Kier alpha value is -2.59. The van der Waals surface area contributed by atoms with Crippen LogP contribution in [0.1, 0.15) is 18.1 Å². The van der Waals surface area contributed by atoms with Gasteiger partial charge in [0.25, 0.3) is 5.91 Å². The van der Waals surface area contributed by atoms with Crippen molar-refractivity contribution < 1.29 is 9.59 Å². The average molecular weight is 329 g/mol. The lowest BCUT2D eigenvalue weighted by Gasteiger charge is -2.10. The summed E-state index contributed by atoms with van der Waals surface area (Å²) in [7, 11) is 0. The molecule has 0 saturated heterocycles. The molecule has 118 valence electrons. The Kier molecular flexibility index (Phi) is 5.94. The minimum Gasteiger partial charge on any atom is -0.347 e. The van der Waals surface area contributed by atoms with Gasteiger partial charge in [0.1, 0.15) is 5.70 Å². The first-order valence-corrected chi connectivity index (χ1v) is 7.49. The van der Waals surface area contributed by atoms with Crippen molar-refractivity contribution in [2.75, 3.05) is 0 Å². The molecule has 0 atom stereocenters. The molecule has 0 saturated carbocycles. The second-order valence-corrected chi connectivity index (χ2v) is 5.40. The normalized spacial score (nSPS) is 11.0. The Labute approximate surface area is 140 Å². The number of nitrogens with one attached hydrogen (secondary N) is 2. The fourth-order valence-corrected chi connectivity index (χ4v) is 2.18. The number of carbonyl (C=O) groups is 2. The summed E-state index contributed by atoms with van der Waals surface area (Å²) in [5, 5.41) is 5.90. The quantitative estimate of drug-likeness (QED) is 0.828. The summed E-state index contributed by atoms with van der Waals surface area (Å²) in [5.41, 5.74) is 1.89. The fourth-order valence-electron chi connectivity index (χ4n) is 1.98. The molecule has 0 aliphatic heterocycles. The van der Waals surface area contributed by atoms with Gasteiger partial charge in [0.15, 0.2) is 0 Å². The van der Waals surface area contributed by atoms with Crippen LogP contribution in [0.4, 0.5) is 0 Å². The number of amides is 2. The maximum absolute atomic E-state index is 12.3. The van der Waals surface area contributed by atoms with Gasteiger partial charge in [-0.15, -0.1) is 0 Å². The highest BCUT2D eigenvalue weighted by Gasteiger charge is 2.11. The van der Waals surface area contributed by atoms with Crippen LogP contribution < -0.4 is 10.6 Å². The molecule has 2 rings (SSSR count). The highest BCUT2D eigenvalue weighted by Crippen LogP contribution is 2.13. The van der Waals surface area contributed by atoms with Crippen molar-refractivity contribution in [2.24, 2.45) is 0 Å². The smallest absolute Gasteiger partial charge is 0.268 e. The van der Waals surface area contributed by atoms with Crippen molar-refractivity contribution in [1.29, 1.82) is 0 Å². The number of hydrogen-bond donors (Lipinski definition) is 2. The van der Waals surface area contributed by atoms with E-state index in [0.29, 0.717) is 11.6 Å². The molecule has 4 nitrogen and oxygen atoms in total. The van der Waals surface area contributed by atoms with E-state index in [1.165, 1.54) is 6.92 Å². The molecule has 0 aliphatic rings. The molecule has 0 radical (unpaired) electrons. The van der Waals surface area contributed by atoms with Gasteiger partial charge >= 0.3 is 0 Å². The summed E-state index contributed by atoms with van der Waals surface area (Å²) in [6.07, 6.45) is 1.59. The van der Waals surface area contributed by atoms with E-state index in [0.717, 1.165) is 11.1 Å². The van der Waals surface area contributed by atoms with Gasteiger partial charge in [-0.2, -0.15) is 0 Å². The minimum atomic E-state index is -0.357. The SMILES string of the molecule is CC(=O)N/C(=C/c1cccc(Cl)c1)C(=O)NCc1ccccc1. The van der Waals surface area contributed by atoms with Gasteiger partial charge in [0.05, 0.1) is 0 Å². The Morgan fingerprint density at radius 1 is 1.09 bits per heavy atom. The lowest BCUT2D eigenvalue weighted by Crippen LogP contribution is -2.33. The molecule has 0 aromatic heterocycles. The summed E-state index contributed by atoms with van der Waals surface area (Å²) in [4.78, 5) is 23.6. The largest absolute Gasteiger partial charge is 0.347 e. The molecule has 2 aromatic rings. The van der Waals surface area contributed by atoms with Crippen molar-refractivity contribution in [3.8, 4) is 0 Å². The first kappa shape index (κ1) is 16.8. The van der Waals surface area contributed by atoms with Crippen LogP contribution in [0, 0.1) is 0 Å². The second-order valence-electron chi connectivity index (χ2n) is 4.96. The van der Waals surface area contributed by atoms with Crippen LogP contribution in [0.25, 0.3) is 6.08 Å². The summed E-state index contributed by atoms with van der Waals surface area (Å²) in [5.74, 6) is -0.669. The Bertz CT molecular complexity index is 727. The molecule has 5 heteroatoms. The van der Waals surface area contributed by atoms with E-state index in [9.17, 15) is 9.59 Å². The number of carbonyl (C=O) groups excluding carboxylic acids is 2. The molecule has 2 amide bonds. The third kappa shape index (κ3) is 5.60. The molecular formula is C18H17ClN2O2. The Morgan fingerprint density at radius 3 is 2.48 bits per heavy atom. The maximum atomic E-state index is 12.3. The third-order valence-electron chi connectivity index (χ3n) is 3.01. The van der Waals surface area contributed by atoms with E-state index >= 15 is 0 Å². The van der Waals surface area contributed by atoms with Gasteiger partial charge in [-0.1, -0.05) is 54.1 Å². The van der Waals surface area contributed by atoms with Crippen LogP contribution >= 0.6 is 11.6 Å². The zero-order valence-electron chi connectivity index (χ0n) is 12.7. The van der Waals surface area contributed by atoms with E-state index in [4.69, 9.17) is 11.6 Å². The van der Waals surface area contributed by atoms with Gasteiger partial charge in [0, 0.05) is 18.5 Å². The van der Waals surface area contributed by atoms with E-state index in [1.54, 1.807) is 30.3 Å². The molecule has 0 fully saturated rings. The first-order valence-electron chi connectivity index (χ1n) is 7.11. The van der Waals surface area contributed by atoms with E-state index in [-0.39, 0.29) is 17.5 Å². The lowest BCUT2D eigenvalue weighted by molar-refractivity contribution is -0.122. The number of benzene rings is 2. The monoisotopic (exact) mass is 328 g/mol. The van der Waals surface area contributed by atoms with Gasteiger partial charge < -0.3 is 10.6 Å². The Balaban J connectivity index is 2.14. The molecule has 0 unspecified atom stereocenters. The standard InChI is InChI=1S/C18H17ClN2O2/c1-13(22)21-17(11-15-8-5-9-16(19)10-15)18(23)20-12-14-6-3-2-4-7-14/h2-11H,12H2,1H3,(H,20,23)(H,21,22)/b17-11+. The van der Waals surface area contributed by atoms with Crippen molar-refractivity contribution in [3.63, 3.8) is 0 Å². The zero-order chi connectivity index (χ0) is 16.7. The van der Waals surface area contributed by atoms with Crippen LogP contribution in [-0.2, 0) is 16.1 Å². The van der Waals surface area contributed by atoms with Gasteiger partial charge in [-0.3, -0.25) is 9.59 Å². The molecule has 0 bridgehead atoms. The van der Waals surface area contributed by atoms with E-state index in [1.807, 2.05) is 30.3 Å². The summed E-state index contributed by atoms with van der Waals surface area (Å²) < 4.78 is 0. The predicted octanol–water partition coefficient (Wildman–Crippen LogP) is 3.13. The molecule has 0 aliphatic carbocycles.